The molecule has 2 N–H and O–H groups in total. The van der Waals surface area contributed by atoms with Gasteiger partial charge in [0.25, 0.3) is 0 Å². The molecule has 1 aromatic rings. The van der Waals surface area contributed by atoms with Gasteiger partial charge in [0.1, 0.15) is 0 Å². The molecule has 3 heteroatoms. The maximum absolute atomic E-state index is 5.80. The molecule has 0 aliphatic heterocycles. The van der Waals surface area contributed by atoms with Crippen LogP contribution in [0.25, 0.3) is 0 Å². The molecule has 1 atom stereocenters. The molecule has 0 saturated heterocycles. The second-order valence-electron chi connectivity index (χ2n) is 2.57. The highest BCUT2D eigenvalue weighted by atomic mass is 35.5. The van der Waals surface area contributed by atoms with Crippen LogP contribution >= 0.6 is 24.0 Å². The quantitative estimate of drug-likeness (QED) is 0.790. The Kier molecular flexibility index (Phi) is 5.31. The fraction of sp³-hybridized carbons (Fsp3) is 0.333. The summed E-state index contributed by atoms with van der Waals surface area (Å²) in [6, 6.07) is 7.81. The van der Waals surface area contributed by atoms with Crippen molar-refractivity contribution in [3.8, 4) is 0 Å². The van der Waals surface area contributed by atoms with E-state index in [-0.39, 0.29) is 18.4 Å². The molecule has 68 valence electrons. The number of rotatable bonds is 2. The van der Waals surface area contributed by atoms with Gasteiger partial charge in [0.2, 0.25) is 0 Å². The van der Waals surface area contributed by atoms with E-state index < -0.39 is 0 Å². The molecule has 0 fully saturated rings. The van der Waals surface area contributed by atoms with Crippen LogP contribution in [0.3, 0.4) is 0 Å². The predicted molar refractivity (Wildman–Crippen MR) is 55.9 cm³/mol. The van der Waals surface area contributed by atoms with Crippen LogP contribution in [0.15, 0.2) is 24.3 Å². The molecule has 12 heavy (non-hydrogen) atoms. The van der Waals surface area contributed by atoms with Gasteiger partial charge in [-0.2, -0.15) is 0 Å². The van der Waals surface area contributed by atoms with Gasteiger partial charge < -0.3 is 5.73 Å². The molecule has 0 heterocycles. The predicted octanol–water partition coefficient (Wildman–Crippen LogP) is 3.17. The lowest BCUT2D eigenvalue weighted by molar-refractivity contribution is 0.699. The maximum Gasteiger partial charge on any atom is 0.0409 e. The summed E-state index contributed by atoms with van der Waals surface area (Å²) in [5.41, 5.74) is 6.92. The van der Waals surface area contributed by atoms with Crippen molar-refractivity contribution in [2.24, 2.45) is 5.73 Å². The Morgan fingerprint density at radius 2 is 2.17 bits per heavy atom. The summed E-state index contributed by atoms with van der Waals surface area (Å²) in [6.45, 7) is 2.06. The van der Waals surface area contributed by atoms with Crippen molar-refractivity contribution in [2.45, 2.75) is 19.4 Å². The molecule has 0 aromatic heterocycles. The largest absolute Gasteiger partial charge is 0.324 e. The van der Waals surface area contributed by atoms with E-state index in [1.54, 1.807) is 0 Å². The second kappa shape index (κ2) is 5.41. The molecule has 1 rings (SSSR count). The molecule has 0 aliphatic rings. The Morgan fingerprint density at radius 1 is 1.50 bits per heavy atom. The smallest absolute Gasteiger partial charge is 0.0409 e. The van der Waals surface area contributed by atoms with Crippen LogP contribution < -0.4 is 5.73 Å². The first kappa shape index (κ1) is 11.8. The lowest BCUT2D eigenvalue weighted by Gasteiger charge is -2.08. The summed E-state index contributed by atoms with van der Waals surface area (Å²) in [6.07, 6.45) is 0.945. The van der Waals surface area contributed by atoms with Gasteiger partial charge >= 0.3 is 0 Å². The van der Waals surface area contributed by atoms with Crippen molar-refractivity contribution in [3.05, 3.63) is 34.9 Å². The average molecular weight is 206 g/mol. The third kappa shape index (κ3) is 3.02. The topological polar surface area (TPSA) is 26.0 Å². The van der Waals surface area contributed by atoms with E-state index in [2.05, 4.69) is 6.92 Å². The normalized spacial score (nSPS) is 11.9. The van der Waals surface area contributed by atoms with E-state index in [0.29, 0.717) is 0 Å². The zero-order chi connectivity index (χ0) is 8.27. The highest BCUT2D eigenvalue weighted by molar-refractivity contribution is 6.30. The molecule has 1 aromatic carbocycles. The van der Waals surface area contributed by atoms with E-state index in [1.807, 2.05) is 24.3 Å². The lowest BCUT2D eigenvalue weighted by Crippen LogP contribution is -2.07. The monoisotopic (exact) mass is 205 g/mol. The third-order valence-electron chi connectivity index (χ3n) is 1.72. The van der Waals surface area contributed by atoms with Crippen molar-refractivity contribution in [3.63, 3.8) is 0 Å². The minimum Gasteiger partial charge on any atom is -0.324 e. The first-order chi connectivity index (χ1) is 5.24. The first-order valence-corrected chi connectivity index (χ1v) is 4.13. The highest BCUT2D eigenvalue weighted by Gasteiger charge is 2.01. The summed E-state index contributed by atoms with van der Waals surface area (Å²) in [7, 11) is 0. The van der Waals surface area contributed by atoms with Crippen molar-refractivity contribution in [2.75, 3.05) is 0 Å². The Morgan fingerprint density at radius 3 is 2.67 bits per heavy atom. The average Bonchev–Trinajstić information content (AvgIpc) is 2.03. The molecule has 1 nitrogen and oxygen atoms in total. The minimum atomic E-state index is 0. The standard InChI is InChI=1S/C9H12ClN.ClH/c1-2-9(11)7-4-3-5-8(10)6-7;/h3-6,9H,2,11H2,1H3;1H/t9-;/m0./s1. The van der Waals surface area contributed by atoms with Gasteiger partial charge in [0.05, 0.1) is 0 Å². The number of benzene rings is 1. The first-order valence-electron chi connectivity index (χ1n) is 3.75. The van der Waals surface area contributed by atoms with E-state index in [0.717, 1.165) is 17.0 Å². The molecule has 0 spiro atoms. The molecule has 0 amide bonds. The summed E-state index contributed by atoms with van der Waals surface area (Å²) >= 11 is 5.79. The van der Waals surface area contributed by atoms with E-state index >= 15 is 0 Å². The number of hydrogen-bond acceptors (Lipinski definition) is 1. The van der Waals surface area contributed by atoms with Gasteiger partial charge in [-0.1, -0.05) is 30.7 Å². The van der Waals surface area contributed by atoms with Gasteiger partial charge in [-0.25, -0.2) is 0 Å². The van der Waals surface area contributed by atoms with Gasteiger partial charge in [0.15, 0.2) is 0 Å². The number of nitrogens with two attached hydrogens (primary N) is 1. The molecular formula is C9H13Cl2N. The Bertz CT molecular complexity index is 238. The van der Waals surface area contributed by atoms with E-state index in [4.69, 9.17) is 17.3 Å². The second-order valence-corrected chi connectivity index (χ2v) is 3.01. The van der Waals surface area contributed by atoms with Crippen LogP contribution in [0, 0.1) is 0 Å². The molecule has 0 aliphatic carbocycles. The Labute approximate surface area is 84.3 Å². The van der Waals surface area contributed by atoms with Crippen LogP contribution in [0.5, 0.6) is 0 Å². The Balaban J connectivity index is 0.00000121. The summed E-state index contributed by atoms with van der Waals surface area (Å²) in [4.78, 5) is 0. The minimum absolute atomic E-state index is 0. The number of halogens is 2. The Hall–Kier alpha value is -0.240. The van der Waals surface area contributed by atoms with E-state index in [9.17, 15) is 0 Å². The zero-order valence-electron chi connectivity index (χ0n) is 6.96. The van der Waals surface area contributed by atoms with Gasteiger partial charge in [0, 0.05) is 11.1 Å². The SMILES string of the molecule is CC[C@H](N)c1cccc(Cl)c1.Cl. The highest BCUT2D eigenvalue weighted by Crippen LogP contribution is 2.17. The maximum atomic E-state index is 5.80. The number of hydrogen-bond donors (Lipinski definition) is 1. The van der Waals surface area contributed by atoms with Crippen molar-refractivity contribution < 1.29 is 0 Å². The molecule has 0 saturated carbocycles. The molecule has 0 radical (unpaired) electrons. The summed E-state index contributed by atoms with van der Waals surface area (Å²) in [5, 5.41) is 0.756. The third-order valence-corrected chi connectivity index (χ3v) is 1.95. The lowest BCUT2D eigenvalue weighted by atomic mass is 10.1. The van der Waals surface area contributed by atoms with Crippen LogP contribution in [-0.2, 0) is 0 Å². The van der Waals surface area contributed by atoms with Crippen LogP contribution in [0.2, 0.25) is 5.02 Å². The van der Waals surface area contributed by atoms with Crippen molar-refractivity contribution in [1.82, 2.24) is 0 Å². The molecule has 0 bridgehead atoms. The fourth-order valence-electron chi connectivity index (χ4n) is 0.973. The van der Waals surface area contributed by atoms with Crippen LogP contribution in [-0.4, -0.2) is 0 Å². The van der Waals surface area contributed by atoms with Crippen LogP contribution in [0.1, 0.15) is 24.9 Å². The molecular weight excluding hydrogens is 193 g/mol. The van der Waals surface area contributed by atoms with E-state index in [1.165, 1.54) is 0 Å². The summed E-state index contributed by atoms with van der Waals surface area (Å²) < 4.78 is 0. The fourth-order valence-corrected chi connectivity index (χ4v) is 1.17. The van der Waals surface area contributed by atoms with Gasteiger partial charge in [-0.15, -0.1) is 12.4 Å². The molecule has 0 unspecified atom stereocenters. The zero-order valence-corrected chi connectivity index (χ0v) is 8.53. The van der Waals surface area contributed by atoms with Crippen LogP contribution in [0.4, 0.5) is 0 Å². The van der Waals surface area contributed by atoms with Gasteiger partial charge in [-0.3, -0.25) is 0 Å². The summed E-state index contributed by atoms with van der Waals surface area (Å²) in [5.74, 6) is 0. The van der Waals surface area contributed by atoms with Crippen molar-refractivity contribution in [1.29, 1.82) is 0 Å². The van der Waals surface area contributed by atoms with Crippen molar-refractivity contribution >= 4 is 24.0 Å². The van der Waals surface area contributed by atoms with Gasteiger partial charge in [-0.05, 0) is 24.1 Å².